The maximum absolute atomic E-state index is 4.43. The summed E-state index contributed by atoms with van der Waals surface area (Å²) < 4.78 is 0. The molecule has 0 aromatic carbocycles. The Bertz CT molecular complexity index is 301. The topological polar surface area (TPSA) is 37.8 Å². The number of nitrogens with one attached hydrogen (secondary N) is 1. The highest BCUT2D eigenvalue weighted by atomic mass is 14.8. The molecule has 0 atom stereocenters. The third kappa shape index (κ3) is 2.07. The van der Waals surface area contributed by atoms with Crippen LogP contribution in [-0.2, 0) is 6.42 Å². The van der Waals surface area contributed by atoms with Crippen LogP contribution in [0.15, 0.2) is 6.20 Å². The van der Waals surface area contributed by atoms with Crippen LogP contribution < -0.4 is 10.8 Å². The Morgan fingerprint density at radius 3 is 3.31 bits per heavy atom. The predicted molar refractivity (Wildman–Crippen MR) is 53.1 cm³/mol. The molecule has 1 aromatic rings. The van der Waals surface area contributed by atoms with Crippen molar-refractivity contribution < 1.29 is 0 Å². The molecule has 0 amide bonds. The third-order valence-electron chi connectivity index (χ3n) is 2.22. The van der Waals surface area contributed by atoms with Crippen LogP contribution in [0.5, 0.6) is 0 Å². The van der Waals surface area contributed by atoms with Crippen LogP contribution in [-0.4, -0.2) is 23.9 Å². The van der Waals surface area contributed by atoms with Gasteiger partial charge in [0.1, 0.15) is 0 Å². The third-order valence-corrected chi connectivity index (χ3v) is 2.22. The normalized spacial score (nSPS) is 16.7. The van der Waals surface area contributed by atoms with E-state index in [0.29, 0.717) is 0 Å². The molecule has 13 heavy (non-hydrogen) atoms. The van der Waals surface area contributed by atoms with Gasteiger partial charge in [-0.25, -0.2) is 0 Å². The standard InChI is InChI=1S/C9H13BN3/c1-7-6-11-8-4-2-3-5-12-10-9(8)13-7/h6,12H,2-5H2,1H3. The summed E-state index contributed by atoms with van der Waals surface area (Å²) in [4.78, 5) is 8.82. The fourth-order valence-electron chi connectivity index (χ4n) is 1.52. The molecule has 1 N–H and O–H groups in total. The molecule has 0 spiro atoms. The molecule has 2 rings (SSSR count). The van der Waals surface area contributed by atoms with Gasteiger partial charge < -0.3 is 5.23 Å². The van der Waals surface area contributed by atoms with Crippen LogP contribution in [0.25, 0.3) is 0 Å². The highest BCUT2D eigenvalue weighted by Gasteiger charge is 2.09. The van der Waals surface area contributed by atoms with Gasteiger partial charge in [-0.15, -0.1) is 0 Å². The highest BCUT2D eigenvalue weighted by molar-refractivity contribution is 6.50. The van der Waals surface area contributed by atoms with Crippen molar-refractivity contribution in [1.82, 2.24) is 15.2 Å². The Morgan fingerprint density at radius 2 is 2.38 bits per heavy atom. The molecule has 0 saturated heterocycles. The Labute approximate surface area is 79.2 Å². The number of nitrogens with zero attached hydrogens (tertiary/aromatic N) is 2. The number of aromatic nitrogens is 2. The Morgan fingerprint density at radius 1 is 1.46 bits per heavy atom. The molecule has 0 fully saturated rings. The fourth-order valence-corrected chi connectivity index (χ4v) is 1.52. The van der Waals surface area contributed by atoms with Crippen LogP contribution >= 0.6 is 0 Å². The summed E-state index contributed by atoms with van der Waals surface area (Å²) in [6, 6.07) is 0. The lowest BCUT2D eigenvalue weighted by atomic mass is 9.83. The molecule has 0 unspecified atom stereocenters. The Kier molecular flexibility index (Phi) is 2.59. The molecule has 4 heteroatoms. The average molecular weight is 174 g/mol. The lowest BCUT2D eigenvalue weighted by Crippen LogP contribution is -2.38. The first-order chi connectivity index (χ1) is 6.36. The zero-order valence-corrected chi connectivity index (χ0v) is 7.88. The molecule has 1 radical (unpaired) electrons. The summed E-state index contributed by atoms with van der Waals surface area (Å²) in [6.45, 7) is 3.02. The minimum atomic E-state index is 0.984. The summed E-state index contributed by atoms with van der Waals surface area (Å²) in [5, 5.41) is 3.24. The van der Waals surface area contributed by atoms with E-state index in [2.05, 4.69) is 15.2 Å². The number of hydrogen-bond donors (Lipinski definition) is 1. The minimum absolute atomic E-state index is 0.984. The quantitative estimate of drug-likeness (QED) is 0.560. The van der Waals surface area contributed by atoms with Crippen molar-refractivity contribution in [3.63, 3.8) is 0 Å². The van der Waals surface area contributed by atoms with Crippen molar-refractivity contribution in [3.05, 3.63) is 17.6 Å². The minimum Gasteiger partial charge on any atom is -0.355 e. The lowest BCUT2D eigenvalue weighted by Gasteiger charge is -2.12. The molecule has 1 aliphatic rings. The summed E-state index contributed by atoms with van der Waals surface area (Å²) in [5.74, 6) is 0. The van der Waals surface area contributed by atoms with Gasteiger partial charge in [-0.05, 0) is 32.7 Å². The number of fused-ring (bicyclic) bond motifs is 1. The van der Waals surface area contributed by atoms with Crippen LogP contribution in [0, 0.1) is 6.92 Å². The second-order valence-electron chi connectivity index (χ2n) is 3.40. The Hall–Kier alpha value is -0.895. The number of aryl methyl sites for hydroxylation is 2. The van der Waals surface area contributed by atoms with Gasteiger partial charge >= 0.3 is 0 Å². The first kappa shape index (κ1) is 8.69. The van der Waals surface area contributed by atoms with Gasteiger partial charge in [0.25, 0.3) is 7.41 Å². The van der Waals surface area contributed by atoms with E-state index in [4.69, 9.17) is 0 Å². The maximum atomic E-state index is 4.43. The van der Waals surface area contributed by atoms with E-state index in [1.54, 1.807) is 0 Å². The molecule has 1 aliphatic heterocycles. The van der Waals surface area contributed by atoms with Crippen LogP contribution in [0.3, 0.4) is 0 Å². The SMILES string of the molecule is Cc1cnc2c(n1)[B]NCCCC2. The van der Waals surface area contributed by atoms with Gasteiger partial charge in [-0.3, -0.25) is 9.97 Å². The largest absolute Gasteiger partial charge is 0.355 e. The summed E-state index contributed by atoms with van der Waals surface area (Å²) in [7, 11) is 1.98. The van der Waals surface area contributed by atoms with Crippen molar-refractivity contribution >= 4 is 13.0 Å². The lowest BCUT2D eigenvalue weighted by molar-refractivity contribution is 0.700. The van der Waals surface area contributed by atoms with Crippen LogP contribution in [0.4, 0.5) is 0 Å². The first-order valence-electron chi connectivity index (χ1n) is 4.75. The zero-order valence-electron chi connectivity index (χ0n) is 7.88. The van der Waals surface area contributed by atoms with Crippen molar-refractivity contribution in [3.8, 4) is 0 Å². The average Bonchev–Trinajstić information content (AvgIpc) is 2.08. The highest BCUT2D eigenvalue weighted by Crippen LogP contribution is 2.00. The van der Waals surface area contributed by atoms with E-state index < -0.39 is 0 Å². The number of rotatable bonds is 0. The monoisotopic (exact) mass is 174 g/mol. The van der Waals surface area contributed by atoms with E-state index in [9.17, 15) is 0 Å². The first-order valence-corrected chi connectivity index (χ1v) is 4.75. The molecule has 0 aliphatic carbocycles. The fraction of sp³-hybridized carbons (Fsp3) is 0.556. The van der Waals surface area contributed by atoms with Crippen LogP contribution in [0.1, 0.15) is 24.2 Å². The van der Waals surface area contributed by atoms with Gasteiger partial charge in [0, 0.05) is 11.8 Å². The predicted octanol–water partition coefficient (Wildman–Crippen LogP) is -0.0446. The van der Waals surface area contributed by atoms with E-state index in [1.165, 1.54) is 12.8 Å². The number of hydrogen-bond acceptors (Lipinski definition) is 3. The molecule has 2 heterocycles. The molecule has 3 nitrogen and oxygen atoms in total. The molecule has 0 saturated carbocycles. The van der Waals surface area contributed by atoms with Gasteiger partial charge in [0.2, 0.25) is 0 Å². The van der Waals surface area contributed by atoms with Crippen molar-refractivity contribution in [2.75, 3.05) is 6.54 Å². The Balaban J connectivity index is 2.28. The smallest absolute Gasteiger partial charge is 0.272 e. The summed E-state index contributed by atoms with van der Waals surface area (Å²) in [6.07, 6.45) is 5.31. The van der Waals surface area contributed by atoms with Gasteiger partial charge in [-0.2, -0.15) is 0 Å². The van der Waals surface area contributed by atoms with E-state index in [1.807, 2.05) is 20.5 Å². The molecule has 0 bridgehead atoms. The van der Waals surface area contributed by atoms with E-state index >= 15 is 0 Å². The van der Waals surface area contributed by atoms with E-state index in [-0.39, 0.29) is 0 Å². The maximum Gasteiger partial charge on any atom is 0.272 e. The summed E-state index contributed by atoms with van der Waals surface area (Å²) in [5.41, 5.74) is 3.12. The second-order valence-corrected chi connectivity index (χ2v) is 3.40. The van der Waals surface area contributed by atoms with E-state index in [0.717, 1.165) is 29.9 Å². The summed E-state index contributed by atoms with van der Waals surface area (Å²) >= 11 is 0. The van der Waals surface area contributed by atoms with Crippen LogP contribution in [0.2, 0.25) is 0 Å². The van der Waals surface area contributed by atoms with Gasteiger partial charge in [0.05, 0.1) is 11.4 Å². The van der Waals surface area contributed by atoms with Gasteiger partial charge in [-0.1, -0.05) is 0 Å². The zero-order chi connectivity index (χ0) is 9.10. The molecular formula is C9H13BN3. The molecule has 67 valence electrons. The molecular weight excluding hydrogens is 161 g/mol. The molecule has 1 aromatic heterocycles. The van der Waals surface area contributed by atoms with Gasteiger partial charge in [0.15, 0.2) is 0 Å². The van der Waals surface area contributed by atoms with Crippen molar-refractivity contribution in [2.45, 2.75) is 26.2 Å². The second kappa shape index (κ2) is 3.88. The van der Waals surface area contributed by atoms with Crippen molar-refractivity contribution in [1.29, 1.82) is 0 Å². The van der Waals surface area contributed by atoms with Crippen molar-refractivity contribution in [2.24, 2.45) is 0 Å².